The van der Waals surface area contributed by atoms with Crippen molar-refractivity contribution in [2.75, 3.05) is 0 Å². The third kappa shape index (κ3) is 4.26. The van der Waals surface area contributed by atoms with E-state index >= 15 is 0 Å². The number of carbonyl (C=O) groups excluding carboxylic acids is 2. The fourth-order valence-electron chi connectivity index (χ4n) is 3.53. The molecule has 4 rings (SSSR count). The van der Waals surface area contributed by atoms with Crippen molar-refractivity contribution in [3.05, 3.63) is 71.8 Å². The van der Waals surface area contributed by atoms with Gasteiger partial charge >= 0.3 is 0 Å². The third-order valence-electron chi connectivity index (χ3n) is 5.22. The molecule has 0 saturated carbocycles. The molecule has 2 aromatic carbocycles. The Hall–Kier alpha value is -3.28. The summed E-state index contributed by atoms with van der Waals surface area (Å²) in [4.78, 5) is 36.1. The summed E-state index contributed by atoms with van der Waals surface area (Å²) in [5.41, 5.74) is 3.39. The van der Waals surface area contributed by atoms with E-state index in [1.807, 2.05) is 60.7 Å². The maximum atomic E-state index is 12.7. The highest BCUT2D eigenvalue weighted by Gasteiger charge is 2.35. The van der Waals surface area contributed by atoms with Crippen LogP contribution in [0.4, 0.5) is 0 Å². The Bertz CT molecular complexity index is 953. The molecule has 0 saturated heterocycles. The van der Waals surface area contributed by atoms with Crippen LogP contribution in [-0.4, -0.2) is 35.2 Å². The first kappa shape index (κ1) is 19.1. The summed E-state index contributed by atoms with van der Waals surface area (Å²) >= 11 is 0. The number of carbonyl (C=O) groups is 2. The Balaban J connectivity index is 1.29. The van der Waals surface area contributed by atoms with E-state index in [1.54, 1.807) is 6.92 Å². The van der Waals surface area contributed by atoms with Crippen molar-refractivity contribution in [2.24, 2.45) is 16.2 Å². The molecular formula is C23H22N2O4. The highest BCUT2D eigenvalue weighted by Crippen LogP contribution is 2.23. The number of rotatable bonds is 7. The zero-order valence-electron chi connectivity index (χ0n) is 16.2. The number of Topliss-reactive ketones (excluding diaryl/α,β-unsaturated/α-hetero) is 2. The lowest BCUT2D eigenvalue weighted by molar-refractivity contribution is -0.137. The van der Waals surface area contributed by atoms with Crippen LogP contribution in [0.5, 0.6) is 0 Å². The summed E-state index contributed by atoms with van der Waals surface area (Å²) in [5, 5.41) is 8.11. The van der Waals surface area contributed by atoms with Crippen molar-refractivity contribution in [1.82, 2.24) is 0 Å². The Morgan fingerprint density at radius 1 is 0.862 bits per heavy atom. The summed E-state index contributed by atoms with van der Waals surface area (Å²) in [6, 6.07) is 19.3. The molecular weight excluding hydrogens is 368 g/mol. The van der Waals surface area contributed by atoms with Gasteiger partial charge in [0, 0.05) is 25.2 Å². The van der Waals surface area contributed by atoms with E-state index < -0.39 is 18.1 Å². The Morgan fingerprint density at radius 3 is 1.90 bits per heavy atom. The standard InChI is InChI=1S/C23H22N2O4/c1-15(23(27)22-14-19(25-29-22)17-10-6-3-7-11-17)12-20(26)21-13-18(24-28-21)16-8-4-2-5-9-16/h2-11,15,21-22H,12-14H2,1H3/t15-,21-,22+/m1/s1. The van der Waals surface area contributed by atoms with Crippen LogP contribution in [0.15, 0.2) is 71.0 Å². The number of ketones is 2. The third-order valence-corrected chi connectivity index (χ3v) is 5.22. The van der Waals surface area contributed by atoms with E-state index in [9.17, 15) is 9.59 Å². The quantitative estimate of drug-likeness (QED) is 0.725. The Labute approximate surface area is 169 Å². The van der Waals surface area contributed by atoms with Gasteiger partial charge in [-0.25, -0.2) is 0 Å². The van der Waals surface area contributed by atoms with Crippen molar-refractivity contribution in [3.63, 3.8) is 0 Å². The van der Waals surface area contributed by atoms with Crippen molar-refractivity contribution < 1.29 is 19.3 Å². The topological polar surface area (TPSA) is 77.3 Å². The Kier molecular flexibility index (Phi) is 5.51. The largest absolute Gasteiger partial charge is 0.384 e. The number of hydrogen-bond donors (Lipinski definition) is 0. The maximum Gasteiger partial charge on any atom is 0.191 e. The summed E-state index contributed by atoms with van der Waals surface area (Å²) < 4.78 is 0. The molecule has 0 aromatic heterocycles. The van der Waals surface area contributed by atoms with E-state index in [4.69, 9.17) is 9.68 Å². The van der Waals surface area contributed by atoms with Gasteiger partial charge in [-0.3, -0.25) is 9.59 Å². The number of oxime groups is 2. The average Bonchev–Trinajstić information content (AvgIpc) is 3.45. The van der Waals surface area contributed by atoms with Gasteiger partial charge in [0.1, 0.15) is 0 Å². The van der Waals surface area contributed by atoms with Crippen molar-refractivity contribution in [1.29, 1.82) is 0 Å². The second-order valence-corrected chi connectivity index (χ2v) is 7.38. The summed E-state index contributed by atoms with van der Waals surface area (Å²) in [7, 11) is 0. The molecule has 0 radical (unpaired) electrons. The normalized spacial score (nSPS) is 21.6. The van der Waals surface area contributed by atoms with Gasteiger partial charge in [0.15, 0.2) is 23.8 Å². The van der Waals surface area contributed by atoms with E-state index in [0.717, 1.165) is 22.6 Å². The first-order chi connectivity index (χ1) is 14.1. The predicted octanol–water partition coefficient (Wildman–Crippen LogP) is 3.54. The lowest BCUT2D eigenvalue weighted by atomic mass is 9.90. The number of nitrogens with zero attached hydrogens (tertiary/aromatic N) is 2. The SMILES string of the molecule is C[C@H](CC(=O)[C@H]1CC(c2ccccc2)=NO1)C(=O)[C@@H]1CC(c2ccccc2)=NO1. The smallest absolute Gasteiger partial charge is 0.191 e. The summed E-state index contributed by atoms with van der Waals surface area (Å²) in [6.07, 6.45) is -0.343. The molecule has 6 heteroatoms. The molecule has 3 atom stereocenters. The maximum absolute atomic E-state index is 12.7. The fourth-order valence-corrected chi connectivity index (χ4v) is 3.53. The number of benzene rings is 2. The first-order valence-electron chi connectivity index (χ1n) is 9.74. The molecule has 6 nitrogen and oxygen atoms in total. The zero-order valence-corrected chi connectivity index (χ0v) is 16.2. The first-order valence-corrected chi connectivity index (χ1v) is 9.74. The van der Waals surface area contributed by atoms with Crippen LogP contribution >= 0.6 is 0 Å². The monoisotopic (exact) mass is 390 g/mol. The van der Waals surface area contributed by atoms with E-state index in [0.29, 0.717) is 12.8 Å². The van der Waals surface area contributed by atoms with Crippen LogP contribution in [0.25, 0.3) is 0 Å². The summed E-state index contributed by atoms with van der Waals surface area (Å²) in [5.74, 6) is -0.708. The lowest BCUT2D eigenvalue weighted by Gasteiger charge is -2.15. The molecule has 29 heavy (non-hydrogen) atoms. The van der Waals surface area contributed by atoms with Gasteiger partial charge in [0.25, 0.3) is 0 Å². The van der Waals surface area contributed by atoms with Gasteiger partial charge in [-0.15, -0.1) is 0 Å². The van der Waals surface area contributed by atoms with Gasteiger partial charge in [-0.1, -0.05) is 77.9 Å². The highest BCUT2D eigenvalue weighted by molar-refractivity contribution is 6.06. The fraction of sp³-hybridized carbons (Fsp3) is 0.304. The minimum absolute atomic E-state index is 0.0988. The molecule has 0 unspecified atom stereocenters. The second kappa shape index (κ2) is 8.39. The predicted molar refractivity (Wildman–Crippen MR) is 109 cm³/mol. The van der Waals surface area contributed by atoms with E-state index in [2.05, 4.69) is 10.3 Å². The lowest BCUT2D eigenvalue weighted by Crippen LogP contribution is -2.31. The van der Waals surface area contributed by atoms with Gasteiger partial charge in [0.05, 0.1) is 11.4 Å². The molecule has 148 valence electrons. The number of hydrogen-bond acceptors (Lipinski definition) is 6. The molecule has 2 aliphatic heterocycles. The molecule has 2 heterocycles. The Morgan fingerprint density at radius 2 is 1.34 bits per heavy atom. The van der Waals surface area contributed by atoms with Gasteiger partial charge in [-0.05, 0) is 11.1 Å². The molecule has 0 fully saturated rings. The van der Waals surface area contributed by atoms with Crippen LogP contribution in [0.3, 0.4) is 0 Å². The van der Waals surface area contributed by atoms with Crippen LogP contribution in [0.1, 0.15) is 37.3 Å². The molecule has 2 aromatic rings. The minimum Gasteiger partial charge on any atom is -0.384 e. The molecule has 0 N–H and O–H groups in total. The van der Waals surface area contributed by atoms with Crippen molar-refractivity contribution in [2.45, 2.75) is 38.4 Å². The second-order valence-electron chi connectivity index (χ2n) is 7.38. The van der Waals surface area contributed by atoms with Crippen LogP contribution in [-0.2, 0) is 19.3 Å². The molecule has 0 bridgehead atoms. The van der Waals surface area contributed by atoms with Crippen LogP contribution in [0.2, 0.25) is 0 Å². The van der Waals surface area contributed by atoms with Crippen LogP contribution < -0.4 is 0 Å². The highest BCUT2D eigenvalue weighted by atomic mass is 16.6. The zero-order chi connectivity index (χ0) is 20.2. The van der Waals surface area contributed by atoms with E-state index in [-0.39, 0.29) is 18.0 Å². The minimum atomic E-state index is -0.645. The molecule has 0 amide bonds. The van der Waals surface area contributed by atoms with Crippen LogP contribution in [0, 0.1) is 5.92 Å². The summed E-state index contributed by atoms with van der Waals surface area (Å²) in [6.45, 7) is 1.75. The average molecular weight is 390 g/mol. The van der Waals surface area contributed by atoms with Crippen molar-refractivity contribution >= 4 is 23.0 Å². The molecule has 2 aliphatic rings. The van der Waals surface area contributed by atoms with Crippen molar-refractivity contribution in [3.8, 4) is 0 Å². The van der Waals surface area contributed by atoms with Gasteiger partial charge in [0.2, 0.25) is 0 Å². The van der Waals surface area contributed by atoms with Gasteiger partial charge < -0.3 is 9.68 Å². The molecule has 0 spiro atoms. The van der Waals surface area contributed by atoms with Gasteiger partial charge in [-0.2, -0.15) is 0 Å². The van der Waals surface area contributed by atoms with E-state index in [1.165, 1.54) is 0 Å². The molecule has 0 aliphatic carbocycles.